The topological polar surface area (TPSA) is 82.6 Å². The fourth-order valence-corrected chi connectivity index (χ4v) is 2.58. The van der Waals surface area contributed by atoms with E-state index < -0.39 is 0 Å². The summed E-state index contributed by atoms with van der Waals surface area (Å²) in [4.78, 5) is 18.7. The average Bonchev–Trinajstić information content (AvgIpc) is 3.05. The van der Waals surface area contributed by atoms with Crippen molar-refractivity contribution in [3.05, 3.63) is 18.0 Å². The molecule has 1 aromatic heterocycles. The number of aliphatic imine (C=N–C) groups is 1. The first-order chi connectivity index (χ1) is 10.7. The molecule has 130 valence electrons. The van der Waals surface area contributed by atoms with Crippen molar-refractivity contribution in [1.82, 2.24) is 20.4 Å². The van der Waals surface area contributed by atoms with E-state index in [9.17, 15) is 4.79 Å². The molecule has 1 fully saturated rings. The van der Waals surface area contributed by atoms with E-state index in [2.05, 4.69) is 25.4 Å². The van der Waals surface area contributed by atoms with Gasteiger partial charge in [0.05, 0.1) is 24.8 Å². The van der Waals surface area contributed by atoms with Crippen molar-refractivity contribution in [2.75, 3.05) is 26.2 Å². The van der Waals surface area contributed by atoms with Crippen LogP contribution in [0.3, 0.4) is 0 Å². The lowest BCUT2D eigenvalue weighted by molar-refractivity contribution is -0.149. The summed E-state index contributed by atoms with van der Waals surface area (Å²) in [5, 5.41) is 10.1. The summed E-state index contributed by atoms with van der Waals surface area (Å²) in [6.07, 6.45) is 3.57. The molecule has 23 heavy (non-hydrogen) atoms. The predicted molar refractivity (Wildman–Crippen MR) is 99.7 cm³/mol. The predicted octanol–water partition coefficient (Wildman–Crippen LogP) is 1.77. The van der Waals surface area contributed by atoms with E-state index >= 15 is 0 Å². The van der Waals surface area contributed by atoms with E-state index in [4.69, 9.17) is 4.74 Å². The monoisotopic (exact) mass is 435 g/mol. The molecule has 1 saturated heterocycles. The van der Waals surface area contributed by atoms with Gasteiger partial charge in [-0.25, -0.2) is 4.99 Å². The molecular formula is C15H26IN5O2. The molecule has 8 heteroatoms. The molecule has 1 aliphatic rings. The van der Waals surface area contributed by atoms with Gasteiger partial charge in [0.2, 0.25) is 0 Å². The second kappa shape index (κ2) is 10.5. The molecule has 0 aromatic carbocycles. The number of nitrogens with zero attached hydrogens (tertiary/aromatic N) is 3. The zero-order chi connectivity index (χ0) is 15.8. The highest BCUT2D eigenvalue weighted by molar-refractivity contribution is 14.0. The Balaban J connectivity index is 0.00000264. The van der Waals surface area contributed by atoms with E-state index in [1.165, 1.54) is 0 Å². The Labute approximate surface area is 154 Å². The number of carbonyl (C=O) groups excluding carboxylic acids is 1. The van der Waals surface area contributed by atoms with Crippen molar-refractivity contribution in [3.8, 4) is 0 Å². The molecule has 1 aliphatic heterocycles. The molecule has 0 radical (unpaired) electrons. The number of hydrogen-bond acceptors (Lipinski definition) is 4. The third kappa shape index (κ3) is 6.00. The number of piperidine rings is 1. The number of guanidine groups is 1. The van der Waals surface area contributed by atoms with Crippen LogP contribution in [0.4, 0.5) is 0 Å². The quantitative estimate of drug-likeness (QED) is 0.319. The normalized spacial score (nSPS) is 18.3. The molecule has 0 aliphatic carbocycles. The Bertz CT molecular complexity index is 492. The number of aromatic nitrogens is 2. The zero-order valence-corrected chi connectivity index (χ0v) is 16.1. The van der Waals surface area contributed by atoms with Crippen molar-refractivity contribution in [2.24, 2.45) is 10.9 Å². The van der Waals surface area contributed by atoms with Crippen LogP contribution in [-0.4, -0.2) is 53.3 Å². The first-order valence-corrected chi connectivity index (χ1v) is 7.92. The van der Waals surface area contributed by atoms with E-state index in [-0.39, 0.29) is 35.9 Å². The summed E-state index contributed by atoms with van der Waals surface area (Å²) < 4.78 is 5.15. The lowest BCUT2D eigenvalue weighted by Gasteiger charge is -2.34. The minimum absolute atomic E-state index is 0. The van der Waals surface area contributed by atoms with E-state index in [0.717, 1.165) is 37.6 Å². The van der Waals surface area contributed by atoms with E-state index in [0.29, 0.717) is 19.7 Å². The van der Waals surface area contributed by atoms with Crippen LogP contribution in [-0.2, 0) is 16.1 Å². The van der Waals surface area contributed by atoms with Gasteiger partial charge in [0.15, 0.2) is 5.96 Å². The van der Waals surface area contributed by atoms with Gasteiger partial charge >= 0.3 is 5.97 Å². The van der Waals surface area contributed by atoms with Crippen molar-refractivity contribution in [3.63, 3.8) is 0 Å². The minimum Gasteiger partial charge on any atom is -0.466 e. The van der Waals surface area contributed by atoms with E-state index in [1.807, 2.05) is 19.9 Å². The van der Waals surface area contributed by atoms with Gasteiger partial charge in [-0.05, 0) is 32.8 Å². The van der Waals surface area contributed by atoms with Crippen molar-refractivity contribution in [1.29, 1.82) is 0 Å². The molecule has 2 rings (SSSR count). The maximum atomic E-state index is 11.9. The van der Waals surface area contributed by atoms with Crippen molar-refractivity contribution < 1.29 is 9.53 Å². The lowest BCUT2D eigenvalue weighted by Crippen LogP contribution is -2.48. The molecule has 2 heterocycles. The van der Waals surface area contributed by atoms with Crippen LogP contribution < -0.4 is 5.32 Å². The van der Waals surface area contributed by atoms with Gasteiger partial charge in [-0.15, -0.1) is 24.0 Å². The second-order valence-electron chi connectivity index (χ2n) is 5.29. The number of nitrogens with one attached hydrogen (secondary N) is 2. The van der Waals surface area contributed by atoms with Crippen LogP contribution in [0.25, 0.3) is 0 Å². The van der Waals surface area contributed by atoms with Gasteiger partial charge in [-0.2, -0.15) is 5.10 Å². The minimum atomic E-state index is -0.100. The Morgan fingerprint density at radius 2 is 2.39 bits per heavy atom. The van der Waals surface area contributed by atoms with Crippen LogP contribution in [0.5, 0.6) is 0 Å². The number of carbonyl (C=O) groups is 1. The highest BCUT2D eigenvalue weighted by atomic mass is 127. The Hall–Kier alpha value is -1.32. The molecule has 0 saturated carbocycles. The second-order valence-corrected chi connectivity index (χ2v) is 5.29. The standard InChI is InChI=1S/C15H25N5O2.HI/c1-3-16-15(17-10-13-7-8-18-19-13)20-9-5-6-12(11-20)14(21)22-4-2;/h7-8,12H,3-6,9-11H2,1-2H3,(H,16,17)(H,18,19);1H. The maximum absolute atomic E-state index is 11.9. The largest absolute Gasteiger partial charge is 0.466 e. The smallest absolute Gasteiger partial charge is 0.310 e. The summed E-state index contributed by atoms with van der Waals surface area (Å²) in [7, 11) is 0. The first kappa shape index (κ1) is 19.7. The number of hydrogen-bond donors (Lipinski definition) is 2. The highest BCUT2D eigenvalue weighted by Crippen LogP contribution is 2.18. The number of aromatic amines is 1. The number of esters is 1. The molecular weight excluding hydrogens is 409 g/mol. The fourth-order valence-electron chi connectivity index (χ4n) is 2.58. The maximum Gasteiger partial charge on any atom is 0.310 e. The summed E-state index contributed by atoms with van der Waals surface area (Å²) in [6.45, 7) is 7.22. The summed E-state index contributed by atoms with van der Waals surface area (Å²) in [5.74, 6) is 0.674. The molecule has 0 bridgehead atoms. The fraction of sp³-hybridized carbons (Fsp3) is 0.667. The van der Waals surface area contributed by atoms with Crippen LogP contribution in [0.2, 0.25) is 0 Å². The van der Waals surface area contributed by atoms with Crippen molar-refractivity contribution in [2.45, 2.75) is 33.2 Å². The van der Waals surface area contributed by atoms with Crippen LogP contribution in [0.15, 0.2) is 17.3 Å². The third-order valence-electron chi connectivity index (χ3n) is 3.63. The number of H-pyrrole nitrogens is 1. The molecule has 7 nitrogen and oxygen atoms in total. The van der Waals surface area contributed by atoms with Gasteiger partial charge in [0.1, 0.15) is 0 Å². The van der Waals surface area contributed by atoms with Crippen LogP contribution >= 0.6 is 24.0 Å². The molecule has 1 aromatic rings. The molecule has 2 N–H and O–H groups in total. The summed E-state index contributed by atoms with van der Waals surface area (Å²) >= 11 is 0. The van der Waals surface area contributed by atoms with Gasteiger partial charge in [-0.1, -0.05) is 0 Å². The Kier molecular flexibility index (Phi) is 8.97. The number of likely N-dealkylation sites (tertiary alicyclic amines) is 1. The van der Waals surface area contributed by atoms with Gasteiger partial charge in [0.25, 0.3) is 0 Å². The summed E-state index contributed by atoms with van der Waals surface area (Å²) in [5.41, 5.74) is 0.967. The lowest BCUT2D eigenvalue weighted by atomic mass is 9.98. The van der Waals surface area contributed by atoms with Gasteiger partial charge in [0, 0.05) is 25.8 Å². The number of rotatable bonds is 5. The highest BCUT2D eigenvalue weighted by Gasteiger charge is 2.28. The Morgan fingerprint density at radius 3 is 3.04 bits per heavy atom. The van der Waals surface area contributed by atoms with Crippen LogP contribution in [0.1, 0.15) is 32.4 Å². The van der Waals surface area contributed by atoms with Gasteiger partial charge in [-0.3, -0.25) is 9.89 Å². The zero-order valence-electron chi connectivity index (χ0n) is 13.7. The number of halogens is 1. The molecule has 1 unspecified atom stereocenters. The average molecular weight is 435 g/mol. The molecule has 0 spiro atoms. The molecule has 0 amide bonds. The van der Waals surface area contributed by atoms with E-state index in [1.54, 1.807) is 6.20 Å². The Morgan fingerprint density at radius 1 is 1.57 bits per heavy atom. The number of ether oxygens (including phenoxy) is 1. The van der Waals surface area contributed by atoms with Gasteiger partial charge < -0.3 is 15.0 Å². The SMILES string of the molecule is CCNC(=NCc1ccn[nH]1)N1CCCC(C(=O)OCC)C1.I. The van der Waals surface area contributed by atoms with Crippen molar-refractivity contribution >= 4 is 35.9 Å². The first-order valence-electron chi connectivity index (χ1n) is 7.92. The molecule has 1 atom stereocenters. The summed E-state index contributed by atoms with van der Waals surface area (Å²) in [6, 6.07) is 1.91. The van der Waals surface area contributed by atoms with Crippen LogP contribution in [0, 0.1) is 5.92 Å². The third-order valence-corrected chi connectivity index (χ3v) is 3.63.